The van der Waals surface area contributed by atoms with E-state index in [9.17, 15) is 4.79 Å². The summed E-state index contributed by atoms with van der Waals surface area (Å²) in [4.78, 5) is 11.3. The van der Waals surface area contributed by atoms with Gasteiger partial charge < -0.3 is 9.84 Å². The molecule has 3 nitrogen and oxygen atoms in total. The number of ketones is 1. The smallest absolute Gasteiger partial charge is 0.169 e. The fourth-order valence-corrected chi connectivity index (χ4v) is 1.40. The van der Waals surface area contributed by atoms with E-state index in [2.05, 4.69) is 0 Å². The van der Waals surface area contributed by atoms with Crippen molar-refractivity contribution >= 4 is 5.78 Å². The predicted octanol–water partition coefficient (Wildman–Crippen LogP) is 1.14. The summed E-state index contributed by atoms with van der Waals surface area (Å²) < 4.78 is 5.30. The van der Waals surface area contributed by atoms with Crippen LogP contribution >= 0.6 is 0 Å². The number of fused-ring (bicyclic) bond motifs is 1. The molecule has 0 bridgehead atoms. The normalized spacial score (nSPS) is 13.9. The molecule has 0 aliphatic carbocycles. The van der Waals surface area contributed by atoms with Crippen molar-refractivity contribution in [1.82, 2.24) is 0 Å². The molecular weight excluding hydrogens is 437 g/mol. The Labute approximate surface area is 76.0 Å². The largest absolute Gasteiger partial charge is 0.492 e. The minimum atomic E-state index is -0.0230. The quantitative estimate of drug-likeness (QED) is 0.703. The molecule has 0 aromatic heterocycles. The number of carbonyl (C=O) groups is 1. The summed E-state index contributed by atoms with van der Waals surface area (Å²) in [5, 5.41) is 8.86. The van der Waals surface area contributed by atoms with Crippen LogP contribution in [0.3, 0.4) is 0 Å². The minimum Gasteiger partial charge on any atom is -0.492 e. The van der Waals surface area contributed by atoms with E-state index >= 15 is 0 Å². The van der Waals surface area contributed by atoms with Crippen LogP contribution in [0.15, 0.2) is 18.2 Å². The Morgan fingerprint density at radius 3 is 2.93 bits per heavy atom. The molecule has 1 heterocycles. The van der Waals surface area contributed by atoms with Gasteiger partial charge in [-0.3, -0.25) is 4.79 Å². The van der Waals surface area contributed by atoms with E-state index in [0.717, 1.165) is 5.56 Å². The predicted molar refractivity (Wildman–Crippen MR) is 46.8 cm³/mol. The van der Waals surface area contributed by atoms with Crippen molar-refractivity contribution in [3.8, 4) is 5.75 Å². The van der Waals surface area contributed by atoms with Gasteiger partial charge in [-0.05, 0) is 17.7 Å². The Bertz CT molecular complexity index is 349. The Hall–Kier alpha value is -2.35. The SMILES string of the molecule is O=C1CCOc2cc(CO)ccc21.[Sg]. The first-order valence-electron chi connectivity index (χ1n) is 4.21. The van der Waals surface area contributed by atoms with Gasteiger partial charge in [-0.2, -0.15) is 0 Å². The Morgan fingerprint density at radius 1 is 1.43 bits per heavy atom. The first-order valence-corrected chi connectivity index (χ1v) is 4.21. The second-order valence-electron chi connectivity index (χ2n) is 3.01. The van der Waals surface area contributed by atoms with Crippen molar-refractivity contribution < 1.29 is 14.6 Å². The van der Waals surface area contributed by atoms with E-state index < -0.39 is 0 Å². The summed E-state index contributed by atoms with van der Waals surface area (Å²) >= 11 is 0. The van der Waals surface area contributed by atoms with Crippen LogP contribution in [0.2, 0.25) is 0 Å². The van der Waals surface area contributed by atoms with E-state index in [4.69, 9.17) is 9.84 Å². The molecule has 0 saturated heterocycles. The minimum absolute atomic E-state index is 0. The second-order valence-corrected chi connectivity index (χ2v) is 3.01. The van der Waals surface area contributed by atoms with Gasteiger partial charge >= 0.3 is 0 Å². The van der Waals surface area contributed by atoms with Gasteiger partial charge in [0, 0.05) is 6.42 Å². The molecular formula is C10H10O3Sg. The van der Waals surface area contributed by atoms with Crippen molar-refractivity contribution in [2.75, 3.05) is 6.61 Å². The maximum absolute atomic E-state index is 11.3. The van der Waals surface area contributed by atoms with Gasteiger partial charge in [-0.1, -0.05) is 6.07 Å². The molecule has 0 radical (unpaired) electrons. The summed E-state index contributed by atoms with van der Waals surface area (Å²) in [5.74, 6) is 0.716. The molecule has 0 fully saturated rings. The number of benzene rings is 1. The standard InChI is InChI=1S/C10H10O3.Sg/c11-6-7-1-2-8-9(12)3-4-13-10(8)5-7;/h1-2,5,11H,3-4,6H2;. The summed E-state index contributed by atoms with van der Waals surface area (Å²) in [6.07, 6.45) is 0.450. The zero-order chi connectivity index (χ0) is 9.26. The van der Waals surface area contributed by atoms with Crippen LogP contribution in [-0.2, 0) is 6.61 Å². The van der Waals surface area contributed by atoms with Crippen LogP contribution in [0.1, 0.15) is 22.3 Å². The molecule has 0 spiro atoms. The van der Waals surface area contributed by atoms with Crippen molar-refractivity contribution in [2.45, 2.75) is 13.0 Å². The van der Waals surface area contributed by atoms with Crippen LogP contribution in [-0.4, -0.2) is 17.5 Å². The molecule has 0 saturated carbocycles. The second kappa shape index (κ2) is 3.58. The van der Waals surface area contributed by atoms with Gasteiger partial charge in [-0.25, -0.2) is 0 Å². The number of hydrogen-bond acceptors (Lipinski definition) is 3. The molecule has 1 aliphatic rings. The van der Waals surface area contributed by atoms with E-state index in [1.807, 2.05) is 0 Å². The molecule has 14 heavy (non-hydrogen) atoms. The fraction of sp³-hybridized carbons (Fsp3) is 0.300. The average molecular weight is 447 g/mol. The zero-order valence-electron chi connectivity index (χ0n) is 7.82. The van der Waals surface area contributed by atoms with Crippen LogP contribution in [0.5, 0.6) is 5.75 Å². The molecule has 70 valence electrons. The third kappa shape index (κ3) is 1.41. The van der Waals surface area contributed by atoms with Crippen LogP contribution in [0.4, 0.5) is 0 Å². The third-order valence-corrected chi connectivity index (χ3v) is 2.12. The Kier molecular flexibility index (Phi) is 2.49. The molecule has 1 aromatic carbocycles. The number of aliphatic hydroxyl groups excluding tert-OH is 1. The number of aliphatic hydroxyl groups is 1. The average Bonchev–Trinajstić information content (AvgIpc) is 2.18. The molecule has 0 unspecified atom stereocenters. The van der Waals surface area contributed by atoms with Crippen LogP contribution in [0.25, 0.3) is 0 Å². The topological polar surface area (TPSA) is 46.5 Å². The molecule has 0 atom stereocenters. The molecule has 1 aromatic rings. The zero-order valence-corrected chi connectivity index (χ0v) is 14.3. The maximum atomic E-state index is 11.3. The Balaban J connectivity index is 0.000000980. The van der Waals surface area contributed by atoms with Gasteiger partial charge in [0.2, 0.25) is 0 Å². The number of ether oxygens (including phenoxy) is 1. The molecule has 0 amide bonds. The first kappa shape index (κ1) is 9.74. The van der Waals surface area contributed by atoms with E-state index in [0.29, 0.717) is 24.3 Å². The molecule has 1 aliphatic heterocycles. The van der Waals surface area contributed by atoms with E-state index in [1.165, 1.54) is 0 Å². The summed E-state index contributed by atoms with van der Waals surface area (Å²) in [6, 6.07) is 5.17. The summed E-state index contributed by atoms with van der Waals surface area (Å²) in [7, 11) is 0. The monoisotopic (exact) mass is 449 g/mol. The maximum Gasteiger partial charge on any atom is 0.169 e. The van der Waals surface area contributed by atoms with Crippen molar-refractivity contribution in [3.05, 3.63) is 29.3 Å². The Morgan fingerprint density at radius 2 is 2.21 bits per heavy atom. The number of Topliss-reactive ketones (excluding diaryl/α,β-unsaturated/α-hetero) is 1. The molecule has 2 rings (SSSR count). The number of rotatable bonds is 1. The molecule has 4 heteroatoms. The van der Waals surface area contributed by atoms with Gasteiger partial charge in [0.15, 0.2) is 5.78 Å². The van der Waals surface area contributed by atoms with Gasteiger partial charge in [-0.15, -0.1) is 0 Å². The number of carbonyl (C=O) groups excluding carboxylic acids is 1. The van der Waals surface area contributed by atoms with Gasteiger partial charge in [0.1, 0.15) is 5.75 Å². The van der Waals surface area contributed by atoms with E-state index in [-0.39, 0.29) is 12.4 Å². The summed E-state index contributed by atoms with van der Waals surface area (Å²) in [5.41, 5.74) is 1.40. The molecule has 1 N–H and O–H groups in total. The van der Waals surface area contributed by atoms with Crippen LogP contribution in [0, 0.1) is 0 Å². The third-order valence-electron chi connectivity index (χ3n) is 2.12. The van der Waals surface area contributed by atoms with Gasteiger partial charge in [0.05, 0.1) is 18.8 Å². The van der Waals surface area contributed by atoms with Gasteiger partial charge in [0.25, 0.3) is 0 Å². The van der Waals surface area contributed by atoms with Crippen molar-refractivity contribution in [1.29, 1.82) is 0 Å². The van der Waals surface area contributed by atoms with Crippen molar-refractivity contribution in [3.63, 3.8) is 0 Å². The van der Waals surface area contributed by atoms with E-state index in [1.54, 1.807) is 18.2 Å². The van der Waals surface area contributed by atoms with Crippen LogP contribution < -0.4 is 4.74 Å². The van der Waals surface area contributed by atoms with Crippen molar-refractivity contribution in [2.24, 2.45) is 0 Å². The number of hydrogen-bond donors (Lipinski definition) is 1. The fourth-order valence-electron chi connectivity index (χ4n) is 1.40. The summed E-state index contributed by atoms with van der Waals surface area (Å²) in [6.45, 7) is 0.422. The first-order chi connectivity index (χ1) is 6.31.